The van der Waals surface area contributed by atoms with Crippen LogP contribution in [0.25, 0.3) is 0 Å². The summed E-state index contributed by atoms with van der Waals surface area (Å²) in [5.74, 6) is 2.45. The first-order valence-electron chi connectivity index (χ1n) is 8.81. The molecule has 2 atom stereocenters. The van der Waals surface area contributed by atoms with Gasteiger partial charge in [0.25, 0.3) is 0 Å². The number of hydrogen-bond acceptors (Lipinski definition) is 3. The minimum absolute atomic E-state index is 0.150. The zero-order chi connectivity index (χ0) is 14.7. The number of nitrogens with one attached hydrogen (secondary N) is 1. The SMILES string of the molecule is COC(=O)N1CC(CC2CC2)CC(NCC2CCCC2)C1. The Bertz CT molecular complexity index is 351. The van der Waals surface area contributed by atoms with Crippen molar-refractivity contribution < 1.29 is 9.53 Å². The van der Waals surface area contributed by atoms with E-state index in [4.69, 9.17) is 4.74 Å². The van der Waals surface area contributed by atoms with Crippen molar-refractivity contribution in [1.82, 2.24) is 10.2 Å². The van der Waals surface area contributed by atoms with E-state index in [0.29, 0.717) is 12.0 Å². The van der Waals surface area contributed by atoms with Gasteiger partial charge in [0.15, 0.2) is 0 Å². The van der Waals surface area contributed by atoms with Crippen LogP contribution >= 0.6 is 0 Å². The van der Waals surface area contributed by atoms with Gasteiger partial charge in [-0.1, -0.05) is 25.7 Å². The van der Waals surface area contributed by atoms with E-state index in [1.807, 2.05) is 4.90 Å². The van der Waals surface area contributed by atoms with Crippen molar-refractivity contribution in [3.63, 3.8) is 0 Å². The minimum Gasteiger partial charge on any atom is -0.453 e. The molecule has 0 bridgehead atoms. The van der Waals surface area contributed by atoms with E-state index in [9.17, 15) is 4.79 Å². The van der Waals surface area contributed by atoms with Crippen LogP contribution in [-0.2, 0) is 4.74 Å². The summed E-state index contributed by atoms with van der Waals surface area (Å²) in [6.45, 7) is 2.85. The Hall–Kier alpha value is -0.770. The molecule has 3 fully saturated rings. The molecule has 1 saturated heterocycles. The molecule has 2 aliphatic carbocycles. The van der Waals surface area contributed by atoms with Gasteiger partial charge in [-0.2, -0.15) is 0 Å². The molecule has 21 heavy (non-hydrogen) atoms. The van der Waals surface area contributed by atoms with Gasteiger partial charge >= 0.3 is 6.09 Å². The number of methoxy groups -OCH3 is 1. The lowest BCUT2D eigenvalue weighted by Gasteiger charge is -2.38. The van der Waals surface area contributed by atoms with E-state index in [0.717, 1.165) is 31.5 Å². The molecule has 1 heterocycles. The van der Waals surface area contributed by atoms with Crippen LogP contribution in [0.15, 0.2) is 0 Å². The molecular formula is C17H30N2O2. The van der Waals surface area contributed by atoms with E-state index in [1.54, 1.807) is 0 Å². The van der Waals surface area contributed by atoms with Crippen LogP contribution < -0.4 is 5.32 Å². The zero-order valence-electron chi connectivity index (χ0n) is 13.4. The second kappa shape index (κ2) is 6.99. The number of nitrogens with zero attached hydrogens (tertiary/aromatic N) is 1. The molecule has 1 amide bonds. The van der Waals surface area contributed by atoms with Gasteiger partial charge in [0, 0.05) is 19.1 Å². The van der Waals surface area contributed by atoms with Crippen molar-refractivity contribution in [1.29, 1.82) is 0 Å². The highest BCUT2D eigenvalue weighted by Crippen LogP contribution is 2.38. The van der Waals surface area contributed by atoms with Crippen molar-refractivity contribution in [3.05, 3.63) is 0 Å². The van der Waals surface area contributed by atoms with Gasteiger partial charge in [-0.05, 0) is 50.0 Å². The molecule has 4 heteroatoms. The Kier molecular flexibility index (Phi) is 5.04. The summed E-state index contributed by atoms with van der Waals surface area (Å²) in [5, 5.41) is 3.75. The molecule has 3 rings (SSSR count). The van der Waals surface area contributed by atoms with Crippen molar-refractivity contribution >= 4 is 6.09 Å². The molecule has 0 aromatic carbocycles. The van der Waals surface area contributed by atoms with Crippen LogP contribution in [0.2, 0.25) is 0 Å². The molecule has 0 aromatic rings. The molecule has 4 nitrogen and oxygen atoms in total. The minimum atomic E-state index is -0.150. The molecule has 2 unspecified atom stereocenters. The van der Waals surface area contributed by atoms with Crippen LogP contribution in [0.4, 0.5) is 4.79 Å². The number of carbonyl (C=O) groups is 1. The third kappa shape index (κ3) is 4.35. The first-order valence-corrected chi connectivity index (χ1v) is 8.81. The van der Waals surface area contributed by atoms with Gasteiger partial charge in [0.05, 0.1) is 7.11 Å². The van der Waals surface area contributed by atoms with Gasteiger partial charge in [0.2, 0.25) is 0 Å². The highest BCUT2D eigenvalue weighted by molar-refractivity contribution is 5.67. The second-order valence-corrected chi connectivity index (χ2v) is 7.41. The Labute approximate surface area is 128 Å². The first-order chi connectivity index (χ1) is 10.2. The summed E-state index contributed by atoms with van der Waals surface area (Å²) in [7, 11) is 1.49. The van der Waals surface area contributed by atoms with Gasteiger partial charge in [-0.3, -0.25) is 0 Å². The van der Waals surface area contributed by atoms with Crippen LogP contribution in [0.5, 0.6) is 0 Å². The third-order valence-electron chi connectivity index (χ3n) is 5.50. The van der Waals surface area contributed by atoms with Gasteiger partial charge in [-0.25, -0.2) is 4.79 Å². The number of carbonyl (C=O) groups excluding carboxylic acids is 1. The summed E-state index contributed by atoms with van der Waals surface area (Å²) >= 11 is 0. The van der Waals surface area contributed by atoms with E-state index in [-0.39, 0.29) is 6.09 Å². The average Bonchev–Trinajstić information content (AvgIpc) is 3.15. The van der Waals surface area contributed by atoms with Crippen LogP contribution in [0.3, 0.4) is 0 Å². The highest BCUT2D eigenvalue weighted by Gasteiger charge is 2.34. The van der Waals surface area contributed by atoms with E-state index in [2.05, 4.69) is 5.32 Å². The molecule has 0 aromatic heterocycles. The maximum absolute atomic E-state index is 11.9. The lowest BCUT2D eigenvalue weighted by atomic mass is 9.89. The number of likely N-dealkylation sites (tertiary alicyclic amines) is 1. The van der Waals surface area contributed by atoms with Crippen molar-refractivity contribution in [3.8, 4) is 0 Å². The molecule has 2 saturated carbocycles. The van der Waals surface area contributed by atoms with Crippen LogP contribution in [0, 0.1) is 17.8 Å². The smallest absolute Gasteiger partial charge is 0.409 e. The number of piperidine rings is 1. The van der Waals surface area contributed by atoms with Crippen molar-refractivity contribution in [2.24, 2.45) is 17.8 Å². The fourth-order valence-corrected chi connectivity index (χ4v) is 4.17. The Morgan fingerprint density at radius 2 is 1.86 bits per heavy atom. The lowest BCUT2D eigenvalue weighted by molar-refractivity contribution is 0.0873. The number of ether oxygens (including phenoxy) is 1. The zero-order valence-corrected chi connectivity index (χ0v) is 13.4. The Morgan fingerprint density at radius 1 is 1.10 bits per heavy atom. The summed E-state index contributed by atoms with van der Waals surface area (Å²) in [5.41, 5.74) is 0. The predicted molar refractivity (Wildman–Crippen MR) is 83.2 cm³/mol. The fraction of sp³-hybridized carbons (Fsp3) is 0.941. The second-order valence-electron chi connectivity index (χ2n) is 7.41. The predicted octanol–water partition coefficient (Wildman–Crippen LogP) is 3.02. The topological polar surface area (TPSA) is 41.6 Å². The number of hydrogen-bond donors (Lipinski definition) is 1. The first kappa shape index (κ1) is 15.1. The summed E-state index contributed by atoms with van der Waals surface area (Å²) in [6.07, 6.45) is 10.7. The van der Waals surface area contributed by atoms with E-state index < -0.39 is 0 Å². The standard InChI is InChI=1S/C17H30N2O2/c1-21-17(20)19-11-15(8-13-6-7-13)9-16(12-19)18-10-14-4-2-3-5-14/h13-16,18H,2-12H2,1H3. The molecule has 1 N–H and O–H groups in total. The molecule has 3 aliphatic rings. The van der Waals surface area contributed by atoms with Crippen molar-refractivity contribution in [2.45, 2.75) is 57.4 Å². The van der Waals surface area contributed by atoms with Crippen LogP contribution in [-0.4, -0.2) is 43.8 Å². The Morgan fingerprint density at radius 3 is 2.52 bits per heavy atom. The summed E-state index contributed by atoms with van der Waals surface area (Å²) < 4.78 is 4.94. The monoisotopic (exact) mass is 294 g/mol. The Balaban J connectivity index is 1.51. The largest absolute Gasteiger partial charge is 0.453 e. The van der Waals surface area contributed by atoms with Gasteiger partial charge in [0.1, 0.15) is 0 Å². The average molecular weight is 294 g/mol. The summed E-state index contributed by atoms with van der Waals surface area (Å²) in [6, 6.07) is 0.460. The fourth-order valence-electron chi connectivity index (χ4n) is 4.17. The van der Waals surface area contributed by atoms with E-state index in [1.165, 1.54) is 58.5 Å². The molecule has 0 spiro atoms. The van der Waals surface area contributed by atoms with Gasteiger partial charge in [-0.15, -0.1) is 0 Å². The normalized spacial score (nSPS) is 30.6. The molecular weight excluding hydrogens is 264 g/mol. The van der Waals surface area contributed by atoms with Crippen LogP contribution in [0.1, 0.15) is 51.4 Å². The number of amides is 1. The van der Waals surface area contributed by atoms with Gasteiger partial charge < -0.3 is 15.0 Å². The lowest BCUT2D eigenvalue weighted by Crippen LogP contribution is -2.52. The maximum atomic E-state index is 11.9. The molecule has 120 valence electrons. The van der Waals surface area contributed by atoms with Crippen molar-refractivity contribution in [2.75, 3.05) is 26.7 Å². The summed E-state index contributed by atoms with van der Waals surface area (Å²) in [4.78, 5) is 13.8. The molecule has 1 aliphatic heterocycles. The van der Waals surface area contributed by atoms with E-state index >= 15 is 0 Å². The molecule has 0 radical (unpaired) electrons. The maximum Gasteiger partial charge on any atom is 0.409 e. The number of rotatable bonds is 5. The highest BCUT2D eigenvalue weighted by atomic mass is 16.5. The quantitative estimate of drug-likeness (QED) is 0.847. The third-order valence-corrected chi connectivity index (χ3v) is 5.50.